The first-order valence-corrected chi connectivity index (χ1v) is 13.3. The fraction of sp³-hybridized carbons (Fsp3) is 0.267. The Hall–Kier alpha value is -3.48. The number of benzene rings is 3. The Morgan fingerprint density at radius 3 is 2.61 bits per heavy atom. The molecule has 6 heteroatoms. The van der Waals surface area contributed by atoms with Crippen LogP contribution >= 0.6 is 11.3 Å². The molecular formula is C30H31N3O2S. The number of ether oxygens (including phenoxy) is 1. The average Bonchev–Trinajstić information content (AvgIpc) is 3.30. The molecule has 1 N–H and O–H groups in total. The second kappa shape index (κ2) is 11.5. The van der Waals surface area contributed by atoms with Gasteiger partial charge in [-0.3, -0.25) is 15.0 Å². The lowest BCUT2D eigenvalue weighted by molar-refractivity contribution is -0.111. The largest absolute Gasteiger partial charge is 0.489 e. The zero-order valence-corrected chi connectivity index (χ0v) is 21.3. The summed E-state index contributed by atoms with van der Waals surface area (Å²) < 4.78 is 6.92. The maximum absolute atomic E-state index is 12.5. The van der Waals surface area contributed by atoms with E-state index in [-0.39, 0.29) is 5.91 Å². The van der Waals surface area contributed by atoms with Gasteiger partial charge in [0.15, 0.2) is 5.13 Å². The van der Waals surface area contributed by atoms with E-state index in [9.17, 15) is 4.79 Å². The molecule has 1 aliphatic rings. The van der Waals surface area contributed by atoms with Crippen molar-refractivity contribution in [2.24, 2.45) is 5.92 Å². The zero-order chi connectivity index (χ0) is 24.7. The molecule has 0 bridgehead atoms. The van der Waals surface area contributed by atoms with E-state index in [1.165, 1.54) is 48.9 Å². The SMILES string of the molecule is CC1CCN(Cc2ccc3nc(NC(=O)/C=C/c4ccc(OCc5ccccc5)cc4)sc3c2)CC1. The predicted molar refractivity (Wildman–Crippen MR) is 148 cm³/mol. The van der Waals surface area contributed by atoms with E-state index in [0.29, 0.717) is 11.7 Å². The second-order valence-electron chi connectivity index (χ2n) is 9.45. The van der Waals surface area contributed by atoms with Gasteiger partial charge in [0.2, 0.25) is 5.91 Å². The van der Waals surface area contributed by atoms with Crippen LogP contribution in [0.25, 0.3) is 16.3 Å². The van der Waals surface area contributed by atoms with Crippen LogP contribution in [-0.2, 0) is 17.9 Å². The molecule has 0 radical (unpaired) electrons. The average molecular weight is 498 g/mol. The Labute approximate surface area is 216 Å². The maximum atomic E-state index is 12.5. The number of hydrogen-bond acceptors (Lipinski definition) is 5. The number of anilines is 1. The smallest absolute Gasteiger partial charge is 0.250 e. The number of thiazole rings is 1. The van der Waals surface area contributed by atoms with Crippen molar-refractivity contribution < 1.29 is 9.53 Å². The van der Waals surface area contributed by atoms with Crippen molar-refractivity contribution in [3.8, 4) is 5.75 Å². The Morgan fingerprint density at radius 1 is 1.06 bits per heavy atom. The van der Waals surface area contributed by atoms with Crippen LogP contribution in [0.3, 0.4) is 0 Å². The van der Waals surface area contributed by atoms with Crippen LogP contribution in [0, 0.1) is 5.92 Å². The molecule has 1 fully saturated rings. The molecule has 4 aromatic rings. The number of nitrogens with one attached hydrogen (secondary N) is 1. The highest BCUT2D eigenvalue weighted by Crippen LogP contribution is 2.28. The van der Waals surface area contributed by atoms with E-state index in [1.54, 1.807) is 6.08 Å². The van der Waals surface area contributed by atoms with Gasteiger partial charge in [-0.15, -0.1) is 0 Å². The first-order valence-electron chi connectivity index (χ1n) is 12.5. The Morgan fingerprint density at radius 2 is 1.83 bits per heavy atom. The molecule has 0 aliphatic carbocycles. The van der Waals surface area contributed by atoms with Gasteiger partial charge in [0.1, 0.15) is 12.4 Å². The molecule has 1 amide bonds. The van der Waals surface area contributed by atoms with E-state index in [2.05, 4.69) is 40.3 Å². The van der Waals surface area contributed by atoms with E-state index in [4.69, 9.17) is 4.74 Å². The number of rotatable bonds is 8. The van der Waals surface area contributed by atoms with Gasteiger partial charge in [0.05, 0.1) is 10.2 Å². The third kappa shape index (κ3) is 6.59. The summed E-state index contributed by atoms with van der Waals surface area (Å²) in [6.45, 7) is 6.17. The van der Waals surface area contributed by atoms with Crippen molar-refractivity contribution in [3.63, 3.8) is 0 Å². The summed E-state index contributed by atoms with van der Waals surface area (Å²) in [5.74, 6) is 1.44. The normalized spacial score (nSPS) is 14.9. The summed E-state index contributed by atoms with van der Waals surface area (Å²) >= 11 is 1.52. The number of nitrogens with zero attached hydrogens (tertiary/aromatic N) is 2. The lowest BCUT2D eigenvalue weighted by Crippen LogP contribution is -2.32. The molecule has 1 aromatic heterocycles. The van der Waals surface area contributed by atoms with Crippen molar-refractivity contribution in [1.82, 2.24) is 9.88 Å². The first kappa shape index (κ1) is 24.2. The maximum Gasteiger partial charge on any atom is 0.250 e. The number of hydrogen-bond donors (Lipinski definition) is 1. The van der Waals surface area contributed by atoms with Gasteiger partial charge >= 0.3 is 0 Å². The van der Waals surface area contributed by atoms with Crippen LogP contribution in [-0.4, -0.2) is 28.9 Å². The third-order valence-electron chi connectivity index (χ3n) is 6.52. The number of likely N-dealkylation sites (tertiary alicyclic amines) is 1. The van der Waals surface area contributed by atoms with E-state index in [1.807, 2.05) is 54.6 Å². The molecular weight excluding hydrogens is 466 g/mol. The predicted octanol–water partition coefficient (Wildman–Crippen LogP) is 6.76. The van der Waals surface area contributed by atoms with Crippen LogP contribution in [0.1, 0.15) is 36.5 Å². The topological polar surface area (TPSA) is 54.5 Å². The highest BCUT2D eigenvalue weighted by Gasteiger charge is 2.16. The van der Waals surface area contributed by atoms with Gasteiger partial charge in [-0.25, -0.2) is 4.98 Å². The molecule has 0 atom stereocenters. The van der Waals surface area contributed by atoms with Crippen molar-refractivity contribution in [1.29, 1.82) is 0 Å². The molecule has 0 saturated carbocycles. The summed E-state index contributed by atoms with van der Waals surface area (Å²) in [5.41, 5.74) is 4.27. The van der Waals surface area contributed by atoms with Crippen LogP contribution in [0.2, 0.25) is 0 Å². The standard InChI is InChI=1S/C30H31N3O2S/c1-22-15-17-33(18-16-22)20-25-9-13-27-28(19-25)36-30(31-27)32-29(34)14-10-23-7-11-26(12-8-23)35-21-24-5-3-2-4-6-24/h2-14,19,22H,15-18,20-21H2,1H3,(H,31,32,34)/b14-10+. The lowest BCUT2D eigenvalue weighted by Gasteiger charge is -2.30. The highest BCUT2D eigenvalue weighted by atomic mass is 32.1. The minimum absolute atomic E-state index is 0.193. The summed E-state index contributed by atoms with van der Waals surface area (Å²) in [4.78, 5) is 19.6. The number of carbonyl (C=O) groups is 1. The summed E-state index contributed by atoms with van der Waals surface area (Å²) in [6.07, 6.45) is 5.88. The lowest BCUT2D eigenvalue weighted by atomic mass is 9.99. The van der Waals surface area contributed by atoms with E-state index >= 15 is 0 Å². The molecule has 36 heavy (non-hydrogen) atoms. The molecule has 5 nitrogen and oxygen atoms in total. The van der Waals surface area contributed by atoms with Crippen LogP contribution in [0.5, 0.6) is 5.75 Å². The number of piperidine rings is 1. The molecule has 0 unspecified atom stereocenters. The quantitative estimate of drug-likeness (QED) is 0.273. The van der Waals surface area contributed by atoms with Crippen molar-refractivity contribution in [2.45, 2.75) is 32.9 Å². The highest BCUT2D eigenvalue weighted by molar-refractivity contribution is 7.22. The van der Waals surface area contributed by atoms with Gasteiger partial charge < -0.3 is 4.74 Å². The monoisotopic (exact) mass is 497 g/mol. The summed E-state index contributed by atoms with van der Waals surface area (Å²) in [7, 11) is 0. The van der Waals surface area contributed by atoms with Gasteiger partial charge in [0, 0.05) is 12.6 Å². The van der Waals surface area contributed by atoms with Gasteiger partial charge in [0.25, 0.3) is 0 Å². The minimum atomic E-state index is -0.193. The Bertz CT molecular complexity index is 1320. The summed E-state index contributed by atoms with van der Waals surface area (Å²) in [5, 5.41) is 3.52. The Balaban J connectivity index is 1.14. The molecule has 5 rings (SSSR count). The molecule has 0 spiro atoms. The molecule has 184 valence electrons. The Kier molecular flexibility index (Phi) is 7.74. The summed E-state index contributed by atoms with van der Waals surface area (Å²) in [6, 6.07) is 24.2. The van der Waals surface area contributed by atoms with E-state index < -0.39 is 0 Å². The number of amides is 1. The molecule has 2 heterocycles. The van der Waals surface area contributed by atoms with Crippen molar-refractivity contribution in [2.75, 3.05) is 18.4 Å². The van der Waals surface area contributed by atoms with Gasteiger partial charge in [-0.2, -0.15) is 0 Å². The number of fused-ring (bicyclic) bond motifs is 1. The fourth-order valence-electron chi connectivity index (χ4n) is 4.33. The van der Waals surface area contributed by atoms with Crippen LogP contribution < -0.4 is 10.1 Å². The minimum Gasteiger partial charge on any atom is -0.489 e. The molecule has 1 aliphatic heterocycles. The second-order valence-corrected chi connectivity index (χ2v) is 10.5. The van der Waals surface area contributed by atoms with E-state index in [0.717, 1.165) is 39.6 Å². The van der Waals surface area contributed by atoms with Crippen LogP contribution in [0.15, 0.2) is 78.9 Å². The van der Waals surface area contributed by atoms with Crippen molar-refractivity contribution >= 4 is 38.7 Å². The number of aromatic nitrogens is 1. The van der Waals surface area contributed by atoms with Crippen LogP contribution in [0.4, 0.5) is 5.13 Å². The van der Waals surface area contributed by atoms with Gasteiger partial charge in [-0.1, -0.05) is 66.8 Å². The molecule has 1 saturated heterocycles. The number of carbonyl (C=O) groups excluding carboxylic acids is 1. The van der Waals surface area contributed by atoms with Crippen molar-refractivity contribution in [3.05, 3.63) is 95.6 Å². The molecule has 3 aromatic carbocycles. The van der Waals surface area contributed by atoms with Gasteiger partial charge in [-0.05, 0) is 78.9 Å². The third-order valence-corrected chi connectivity index (χ3v) is 7.45. The first-order chi connectivity index (χ1) is 17.6. The zero-order valence-electron chi connectivity index (χ0n) is 20.5. The fourth-order valence-corrected chi connectivity index (χ4v) is 5.27.